The number of aromatic nitrogens is 3. The van der Waals surface area contributed by atoms with E-state index in [1.54, 1.807) is 0 Å². The topological polar surface area (TPSA) is 44.5 Å². The van der Waals surface area contributed by atoms with Crippen molar-refractivity contribution in [2.24, 2.45) is 0 Å². The number of hydrogen-bond acceptors (Lipinski definition) is 1. The van der Waals surface area contributed by atoms with E-state index < -0.39 is 0 Å². The van der Waals surface area contributed by atoms with Crippen LogP contribution in [0.4, 0.5) is 0 Å². The second kappa shape index (κ2) is 5.21. The van der Waals surface area contributed by atoms with Gasteiger partial charge in [0.15, 0.2) is 0 Å². The van der Waals surface area contributed by atoms with Crippen molar-refractivity contribution in [3.8, 4) is 0 Å². The third kappa shape index (κ3) is 2.57. The van der Waals surface area contributed by atoms with Crippen LogP contribution in [0.2, 0.25) is 0 Å². The Morgan fingerprint density at radius 3 is 2.30 bits per heavy atom. The molecule has 0 radical (unpaired) electrons. The molecule has 0 saturated carbocycles. The maximum absolute atomic E-state index is 3.92. The predicted octanol–water partition coefficient (Wildman–Crippen LogP) is 4.35. The summed E-state index contributed by atoms with van der Waals surface area (Å²) < 4.78 is 0. The van der Waals surface area contributed by atoms with Crippen molar-refractivity contribution in [2.45, 2.75) is 13.8 Å². The van der Waals surface area contributed by atoms with Gasteiger partial charge < -0.3 is 4.98 Å². The molecule has 0 amide bonds. The number of benzene rings is 2. The van der Waals surface area contributed by atoms with E-state index in [0.717, 1.165) is 5.52 Å². The van der Waals surface area contributed by atoms with E-state index in [9.17, 15) is 0 Å². The normalized spacial score (nSPS) is 10.5. The molecule has 0 aliphatic carbocycles. The first-order chi connectivity index (χ1) is 9.72. The third-order valence-electron chi connectivity index (χ3n) is 3.30. The zero-order chi connectivity index (χ0) is 13.9. The van der Waals surface area contributed by atoms with Gasteiger partial charge in [-0.1, -0.05) is 23.3 Å². The molecule has 2 heterocycles. The lowest BCUT2D eigenvalue weighted by Crippen LogP contribution is -1.70. The maximum Gasteiger partial charge on any atom is 0.0650 e. The summed E-state index contributed by atoms with van der Waals surface area (Å²) in [6.45, 7) is 4.18. The molecule has 0 fully saturated rings. The average molecular weight is 263 g/mol. The van der Waals surface area contributed by atoms with Crippen molar-refractivity contribution < 1.29 is 0 Å². The van der Waals surface area contributed by atoms with E-state index >= 15 is 0 Å². The average Bonchev–Trinajstić information content (AvgIpc) is 3.06. The Hall–Kier alpha value is -2.55. The second-order valence-electron chi connectivity index (χ2n) is 5.03. The lowest BCUT2D eigenvalue weighted by atomic mass is 10.2. The quantitative estimate of drug-likeness (QED) is 0.487. The Morgan fingerprint density at radius 1 is 0.800 bits per heavy atom. The molecule has 0 spiro atoms. The molecule has 0 unspecified atom stereocenters. The lowest BCUT2D eigenvalue weighted by Gasteiger charge is -1.90. The zero-order valence-electron chi connectivity index (χ0n) is 11.6. The largest absolute Gasteiger partial charge is 0.361 e. The van der Waals surface area contributed by atoms with Gasteiger partial charge in [0.2, 0.25) is 0 Å². The van der Waals surface area contributed by atoms with Crippen molar-refractivity contribution in [2.75, 3.05) is 0 Å². The number of aryl methyl sites for hydroxylation is 2. The van der Waals surface area contributed by atoms with Gasteiger partial charge in [0.25, 0.3) is 0 Å². The Kier molecular flexibility index (Phi) is 3.25. The monoisotopic (exact) mass is 263 g/mol. The molecule has 0 saturated heterocycles. The highest BCUT2D eigenvalue weighted by atomic mass is 15.1. The molecular formula is C17H17N3. The summed E-state index contributed by atoms with van der Waals surface area (Å²) in [5, 5.41) is 9.29. The smallest absolute Gasteiger partial charge is 0.0650 e. The third-order valence-corrected chi connectivity index (χ3v) is 3.30. The minimum absolute atomic E-state index is 1.10. The van der Waals surface area contributed by atoms with Crippen LogP contribution in [0.25, 0.3) is 21.8 Å². The maximum atomic E-state index is 3.92. The summed E-state index contributed by atoms with van der Waals surface area (Å²) in [6, 6.07) is 14.7. The fraction of sp³-hybridized carbons (Fsp3) is 0.118. The van der Waals surface area contributed by atoms with Gasteiger partial charge >= 0.3 is 0 Å². The fourth-order valence-electron chi connectivity index (χ4n) is 2.23. The van der Waals surface area contributed by atoms with E-state index in [4.69, 9.17) is 0 Å². The van der Waals surface area contributed by atoms with Gasteiger partial charge in [0.1, 0.15) is 0 Å². The van der Waals surface area contributed by atoms with Crippen molar-refractivity contribution in [1.29, 1.82) is 0 Å². The van der Waals surface area contributed by atoms with Gasteiger partial charge in [-0.2, -0.15) is 5.10 Å². The number of nitrogens with one attached hydrogen (secondary N) is 2. The molecule has 0 bridgehead atoms. The molecule has 3 nitrogen and oxygen atoms in total. The molecule has 2 aromatic carbocycles. The zero-order valence-corrected chi connectivity index (χ0v) is 11.6. The minimum Gasteiger partial charge on any atom is -0.361 e. The highest BCUT2D eigenvalue weighted by molar-refractivity contribution is 5.79. The summed E-state index contributed by atoms with van der Waals surface area (Å²) in [5.41, 5.74) is 4.90. The van der Waals surface area contributed by atoms with Crippen LogP contribution in [-0.4, -0.2) is 15.2 Å². The summed E-state index contributed by atoms with van der Waals surface area (Å²) in [6.07, 6.45) is 3.80. The SMILES string of the molecule is Cc1ccc2[nH]ccc2c1.Cc1ccc2[nH]ncc2c1. The Bertz CT molecular complexity index is 767. The Morgan fingerprint density at radius 2 is 1.50 bits per heavy atom. The molecule has 2 N–H and O–H groups in total. The van der Waals surface area contributed by atoms with Gasteiger partial charge in [-0.15, -0.1) is 0 Å². The molecule has 20 heavy (non-hydrogen) atoms. The molecular weight excluding hydrogens is 246 g/mol. The number of rotatable bonds is 0. The van der Waals surface area contributed by atoms with Crippen LogP contribution in [0.15, 0.2) is 54.9 Å². The van der Waals surface area contributed by atoms with Crippen LogP contribution in [0, 0.1) is 13.8 Å². The molecule has 100 valence electrons. The predicted molar refractivity (Wildman–Crippen MR) is 83.9 cm³/mol. The lowest BCUT2D eigenvalue weighted by molar-refractivity contribution is 1.12. The van der Waals surface area contributed by atoms with Crippen LogP contribution >= 0.6 is 0 Å². The molecule has 0 aliphatic heterocycles. The summed E-state index contributed by atoms with van der Waals surface area (Å²) in [7, 11) is 0. The van der Waals surface area contributed by atoms with Gasteiger partial charge in [-0.3, -0.25) is 5.10 Å². The minimum atomic E-state index is 1.10. The summed E-state index contributed by atoms with van der Waals surface area (Å²) in [4.78, 5) is 3.15. The van der Waals surface area contributed by atoms with E-state index in [-0.39, 0.29) is 0 Å². The number of aromatic amines is 2. The first-order valence-electron chi connectivity index (χ1n) is 6.66. The number of nitrogens with zero attached hydrogens (tertiary/aromatic N) is 1. The van der Waals surface area contributed by atoms with Gasteiger partial charge in [0.05, 0.1) is 11.7 Å². The Labute approximate surface area is 117 Å². The molecule has 4 aromatic rings. The van der Waals surface area contributed by atoms with Crippen molar-refractivity contribution in [3.05, 3.63) is 66.0 Å². The molecule has 0 aliphatic rings. The van der Waals surface area contributed by atoms with Crippen LogP contribution < -0.4 is 0 Å². The highest BCUT2D eigenvalue weighted by Crippen LogP contribution is 2.13. The van der Waals surface area contributed by atoms with Crippen molar-refractivity contribution >= 4 is 21.8 Å². The number of fused-ring (bicyclic) bond motifs is 2. The second-order valence-corrected chi connectivity index (χ2v) is 5.03. The number of hydrogen-bond donors (Lipinski definition) is 2. The van der Waals surface area contributed by atoms with E-state index in [1.807, 2.05) is 18.5 Å². The van der Waals surface area contributed by atoms with Crippen molar-refractivity contribution in [3.63, 3.8) is 0 Å². The first kappa shape index (κ1) is 12.5. The Balaban J connectivity index is 0.000000121. The fourth-order valence-corrected chi connectivity index (χ4v) is 2.23. The highest BCUT2D eigenvalue weighted by Gasteiger charge is 1.92. The summed E-state index contributed by atoms with van der Waals surface area (Å²) in [5.74, 6) is 0. The van der Waals surface area contributed by atoms with Crippen LogP contribution in [-0.2, 0) is 0 Å². The van der Waals surface area contributed by atoms with Gasteiger partial charge in [-0.05, 0) is 49.6 Å². The van der Waals surface area contributed by atoms with Crippen LogP contribution in [0.1, 0.15) is 11.1 Å². The van der Waals surface area contributed by atoms with E-state index in [0.29, 0.717) is 0 Å². The molecule has 3 heteroatoms. The van der Waals surface area contributed by atoms with Crippen LogP contribution in [0.5, 0.6) is 0 Å². The first-order valence-corrected chi connectivity index (χ1v) is 6.66. The molecule has 4 rings (SSSR count). The number of H-pyrrole nitrogens is 2. The van der Waals surface area contributed by atoms with E-state index in [1.165, 1.54) is 27.4 Å². The molecule has 2 aromatic heterocycles. The van der Waals surface area contributed by atoms with Crippen LogP contribution in [0.3, 0.4) is 0 Å². The van der Waals surface area contributed by atoms with Gasteiger partial charge in [0, 0.05) is 17.1 Å². The van der Waals surface area contributed by atoms with E-state index in [2.05, 4.69) is 65.4 Å². The molecule has 0 atom stereocenters. The van der Waals surface area contributed by atoms with Crippen molar-refractivity contribution in [1.82, 2.24) is 15.2 Å². The summed E-state index contributed by atoms with van der Waals surface area (Å²) >= 11 is 0. The van der Waals surface area contributed by atoms with Gasteiger partial charge in [-0.25, -0.2) is 0 Å². The standard InChI is InChI=1S/C9H9N.C8H8N2/c1-7-2-3-9-8(6-7)4-5-10-9;1-6-2-3-8-7(4-6)5-9-10-8/h2-6,10H,1H3;2-5H,1H3,(H,9,10).